The minimum Gasteiger partial charge on any atom is -0.383 e. The summed E-state index contributed by atoms with van der Waals surface area (Å²) in [5, 5.41) is 1.08. The Balaban J connectivity index is 2.62. The summed E-state index contributed by atoms with van der Waals surface area (Å²) >= 11 is 15.4. The van der Waals surface area contributed by atoms with E-state index in [1.54, 1.807) is 18.2 Å². The van der Waals surface area contributed by atoms with Crippen LogP contribution in [0.3, 0.4) is 0 Å². The first kappa shape index (κ1) is 14.6. The molecule has 0 fully saturated rings. The minimum atomic E-state index is 0.230. The lowest BCUT2D eigenvalue weighted by molar-refractivity contribution is 0.811. The smallest absolute Gasteiger partial charge is 0.161 e. The van der Waals surface area contributed by atoms with Gasteiger partial charge in [0.1, 0.15) is 5.82 Å². The zero-order chi connectivity index (χ0) is 14.2. The van der Waals surface area contributed by atoms with E-state index in [1.165, 1.54) is 0 Å². The van der Waals surface area contributed by atoms with Crippen LogP contribution in [0.15, 0.2) is 22.7 Å². The predicted octanol–water partition coefficient (Wildman–Crippen LogP) is 4.92. The van der Waals surface area contributed by atoms with E-state index < -0.39 is 0 Å². The highest BCUT2D eigenvalue weighted by molar-refractivity contribution is 9.10. The van der Waals surface area contributed by atoms with E-state index in [1.807, 2.05) is 13.8 Å². The Hall–Kier alpha value is -0.840. The Bertz CT molecular complexity index is 609. The number of halogens is 3. The third kappa shape index (κ3) is 3.19. The molecule has 2 rings (SSSR count). The highest BCUT2D eigenvalue weighted by atomic mass is 79.9. The van der Waals surface area contributed by atoms with Crippen LogP contribution < -0.4 is 5.73 Å². The van der Waals surface area contributed by atoms with Gasteiger partial charge in [-0.15, -0.1) is 0 Å². The summed E-state index contributed by atoms with van der Waals surface area (Å²) in [4.78, 5) is 8.80. The maximum atomic E-state index is 5.99. The first-order chi connectivity index (χ1) is 8.88. The second kappa shape index (κ2) is 5.65. The number of nitrogen functional groups attached to an aromatic ring is 1. The Labute approximate surface area is 130 Å². The number of rotatable bonds is 2. The summed E-state index contributed by atoms with van der Waals surface area (Å²) in [5.74, 6) is 1.16. The van der Waals surface area contributed by atoms with E-state index in [4.69, 9.17) is 28.9 Å². The van der Waals surface area contributed by atoms with E-state index in [2.05, 4.69) is 25.9 Å². The van der Waals surface area contributed by atoms with E-state index in [0.717, 1.165) is 15.7 Å². The number of aromatic nitrogens is 2. The van der Waals surface area contributed by atoms with Crippen molar-refractivity contribution in [1.29, 1.82) is 0 Å². The lowest BCUT2D eigenvalue weighted by atomic mass is 10.1. The molecule has 0 bridgehead atoms. The van der Waals surface area contributed by atoms with Crippen molar-refractivity contribution in [2.45, 2.75) is 19.8 Å². The lowest BCUT2D eigenvalue weighted by Gasteiger charge is -2.11. The average molecular weight is 361 g/mol. The van der Waals surface area contributed by atoms with Crippen LogP contribution in [0.4, 0.5) is 5.82 Å². The van der Waals surface area contributed by atoms with Crippen molar-refractivity contribution in [3.05, 3.63) is 38.4 Å². The molecule has 0 saturated heterocycles. The second-order valence-electron chi connectivity index (χ2n) is 4.44. The Kier molecular flexibility index (Phi) is 4.33. The molecule has 1 aromatic carbocycles. The molecule has 0 saturated carbocycles. The number of anilines is 1. The number of nitrogens with two attached hydrogens (primary N) is 1. The van der Waals surface area contributed by atoms with Crippen LogP contribution in [-0.4, -0.2) is 9.97 Å². The molecule has 0 atom stereocenters. The molecule has 100 valence electrons. The largest absolute Gasteiger partial charge is 0.383 e. The summed E-state index contributed by atoms with van der Waals surface area (Å²) in [7, 11) is 0. The molecule has 0 aliphatic rings. The fraction of sp³-hybridized carbons (Fsp3) is 0.231. The zero-order valence-corrected chi connectivity index (χ0v) is 13.5. The molecule has 0 unspecified atom stereocenters. The van der Waals surface area contributed by atoms with Gasteiger partial charge < -0.3 is 5.73 Å². The maximum Gasteiger partial charge on any atom is 0.161 e. The zero-order valence-electron chi connectivity index (χ0n) is 10.4. The van der Waals surface area contributed by atoms with Crippen molar-refractivity contribution in [2.24, 2.45) is 0 Å². The lowest BCUT2D eigenvalue weighted by Crippen LogP contribution is -2.04. The van der Waals surface area contributed by atoms with E-state index >= 15 is 0 Å². The highest BCUT2D eigenvalue weighted by Gasteiger charge is 2.14. The third-order valence-corrected chi connectivity index (χ3v) is 3.82. The van der Waals surface area contributed by atoms with Crippen LogP contribution in [0, 0.1) is 0 Å². The van der Waals surface area contributed by atoms with Crippen molar-refractivity contribution in [1.82, 2.24) is 9.97 Å². The maximum absolute atomic E-state index is 5.99. The molecule has 0 spiro atoms. The Morgan fingerprint density at radius 2 is 1.68 bits per heavy atom. The van der Waals surface area contributed by atoms with Crippen molar-refractivity contribution >= 4 is 44.9 Å². The molecule has 0 radical (unpaired) electrons. The van der Waals surface area contributed by atoms with Gasteiger partial charge in [0.2, 0.25) is 0 Å². The van der Waals surface area contributed by atoms with Crippen LogP contribution in [-0.2, 0) is 0 Å². The SMILES string of the molecule is CC(C)c1nc(-c2cc(Cl)cc(Cl)c2)nc(N)c1Br. The summed E-state index contributed by atoms with van der Waals surface area (Å²) in [6, 6.07) is 5.19. The van der Waals surface area contributed by atoms with E-state index in [-0.39, 0.29) is 5.92 Å². The van der Waals surface area contributed by atoms with Crippen LogP contribution in [0.5, 0.6) is 0 Å². The van der Waals surface area contributed by atoms with Gasteiger partial charge in [-0.3, -0.25) is 0 Å². The molecule has 1 heterocycles. The van der Waals surface area contributed by atoms with Crippen molar-refractivity contribution in [3.63, 3.8) is 0 Å². The normalized spacial score (nSPS) is 11.1. The third-order valence-electron chi connectivity index (χ3n) is 2.57. The van der Waals surface area contributed by atoms with Crippen LogP contribution in [0.2, 0.25) is 10.0 Å². The van der Waals surface area contributed by atoms with Crippen LogP contribution in [0.1, 0.15) is 25.5 Å². The second-order valence-corrected chi connectivity index (χ2v) is 6.11. The molecule has 6 heteroatoms. The van der Waals surface area contributed by atoms with Gasteiger partial charge in [-0.2, -0.15) is 0 Å². The standard InChI is InChI=1S/C13H12BrCl2N3/c1-6(2)11-10(14)12(17)19-13(18-11)7-3-8(15)5-9(16)4-7/h3-6H,1-2H3,(H2,17,18,19). The van der Waals surface area contributed by atoms with E-state index in [0.29, 0.717) is 21.7 Å². The average Bonchev–Trinajstić information content (AvgIpc) is 2.30. The van der Waals surface area contributed by atoms with Gasteiger partial charge in [-0.05, 0) is 40.0 Å². The van der Waals surface area contributed by atoms with E-state index in [9.17, 15) is 0 Å². The topological polar surface area (TPSA) is 51.8 Å². The summed E-state index contributed by atoms with van der Waals surface area (Å²) < 4.78 is 0.736. The van der Waals surface area contributed by atoms with Crippen LogP contribution in [0.25, 0.3) is 11.4 Å². The van der Waals surface area contributed by atoms with Crippen molar-refractivity contribution < 1.29 is 0 Å². The quantitative estimate of drug-likeness (QED) is 0.826. The number of hydrogen-bond acceptors (Lipinski definition) is 3. The number of nitrogens with zero attached hydrogens (tertiary/aromatic N) is 2. The first-order valence-electron chi connectivity index (χ1n) is 5.68. The molecule has 2 aromatic rings. The Morgan fingerprint density at radius 3 is 2.21 bits per heavy atom. The highest BCUT2D eigenvalue weighted by Crippen LogP contribution is 2.31. The van der Waals surface area contributed by atoms with Gasteiger partial charge in [0.25, 0.3) is 0 Å². The van der Waals surface area contributed by atoms with Crippen molar-refractivity contribution in [2.75, 3.05) is 5.73 Å². The molecule has 19 heavy (non-hydrogen) atoms. The number of hydrogen-bond donors (Lipinski definition) is 1. The molecule has 0 aliphatic heterocycles. The van der Waals surface area contributed by atoms with Gasteiger partial charge in [0.05, 0.1) is 10.2 Å². The molecule has 0 amide bonds. The van der Waals surface area contributed by atoms with Gasteiger partial charge in [0, 0.05) is 15.6 Å². The van der Waals surface area contributed by atoms with Gasteiger partial charge >= 0.3 is 0 Å². The predicted molar refractivity (Wildman–Crippen MR) is 83.7 cm³/mol. The first-order valence-corrected chi connectivity index (χ1v) is 7.22. The fourth-order valence-corrected chi connectivity index (χ4v) is 2.84. The molecule has 0 aliphatic carbocycles. The van der Waals surface area contributed by atoms with Gasteiger partial charge in [-0.25, -0.2) is 9.97 Å². The molecule has 3 nitrogen and oxygen atoms in total. The fourth-order valence-electron chi connectivity index (χ4n) is 1.68. The summed E-state index contributed by atoms with van der Waals surface area (Å²) in [6.45, 7) is 4.09. The van der Waals surface area contributed by atoms with Crippen molar-refractivity contribution in [3.8, 4) is 11.4 Å². The summed E-state index contributed by atoms with van der Waals surface area (Å²) in [6.07, 6.45) is 0. The monoisotopic (exact) mass is 359 g/mol. The van der Waals surface area contributed by atoms with Crippen LogP contribution >= 0.6 is 39.1 Å². The summed E-state index contributed by atoms with van der Waals surface area (Å²) in [5.41, 5.74) is 7.52. The molecule has 1 aromatic heterocycles. The number of benzene rings is 1. The van der Waals surface area contributed by atoms with Gasteiger partial charge in [0.15, 0.2) is 5.82 Å². The molecule has 2 N–H and O–H groups in total. The van der Waals surface area contributed by atoms with Gasteiger partial charge in [-0.1, -0.05) is 37.0 Å². The Morgan fingerprint density at radius 1 is 1.11 bits per heavy atom. The molecular formula is C13H12BrCl2N3. The molecular weight excluding hydrogens is 349 g/mol. The minimum absolute atomic E-state index is 0.230.